The van der Waals surface area contributed by atoms with Crippen LogP contribution in [0.5, 0.6) is 0 Å². The van der Waals surface area contributed by atoms with E-state index in [1.54, 1.807) is 6.20 Å². The number of aryl methyl sites for hydroxylation is 2. The van der Waals surface area contributed by atoms with Crippen LogP contribution in [-0.4, -0.2) is 9.97 Å². The van der Waals surface area contributed by atoms with E-state index in [1.165, 1.54) is 34.8 Å². The predicted molar refractivity (Wildman–Crippen MR) is 73.6 cm³/mol. The Balaban J connectivity index is 1.74. The van der Waals surface area contributed by atoms with E-state index >= 15 is 0 Å². The maximum Gasteiger partial charge on any atom is 0.0950 e. The predicted octanol–water partition coefficient (Wildman–Crippen LogP) is 2.66. The molecule has 3 rings (SSSR count). The van der Waals surface area contributed by atoms with Gasteiger partial charge in [0, 0.05) is 17.5 Å². The Bertz CT molecular complexity index is 498. The Hall–Kier alpha value is -1.26. The standard InChI is InChI=1S/C14H17N3S/c15-10(11-5-3-4-8-16-11)9-14-17-12-6-1-2-7-13(12)18-14/h3-5,8,10H,1-2,6-7,9,15H2. The minimum absolute atomic E-state index is 0.0428. The first-order chi connectivity index (χ1) is 8.83. The van der Waals surface area contributed by atoms with Gasteiger partial charge in [-0.1, -0.05) is 6.07 Å². The summed E-state index contributed by atoms with van der Waals surface area (Å²) in [6.07, 6.45) is 7.52. The highest BCUT2D eigenvalue weighted by Crippen LogP contribution is 2.28. The number of hydrogen-bond acceptors (Lipinski definition) is 4. The summed E-state index contributed by atoms with van der Waals surface area (Å²) in [7, 11) is 0. The summed E-state index contributed by atoms with van der Waals surface area (Å²) < 4.78 is 0. The fraction of sp³-hybridized carbons (Fsp3) is 0.429. The van der Waals surface area contributed by atoms with Gasteiger partial charge < -0.3 is 5.73 Å². The molecular formula is C14H17N3S. The molecule has 1 aliphatic carbocycles. The van der Waals surface area contributed by atoms with Crippen molar-refractivity contribution in [2.75, 3.05) is 0 Å². The van der Waals surface area contributed by atoms with Crippen molar-refractivity contribution in [3.63, 3.8) is 0 Å². The number of rotatable bonds is 3. The SMILES string of the molecule is NC(Cc1nc2c(s1)CCCC2)c1ccccn1. The zero-order chi connectivity index (χ0) is 12.4. The molecule has 0 spiro atoms. The number of nitrogens with two attached hydrogens (primary N) is 1. The van der Waals surface area contributed by atoms with Crippen LogP contribution in [0.25, 0.3) is 0 Å². The van der Waals surface area contributed by atoms with Gasteiger partial charge in [-0.3, -0.25) is 4.98 Å². The lowest BCUT2D eigenvalue weighted by Crippen LogP contribution is -2.14. The molecule has 0 bridgehead atoms. The van der Waals surface area contributed by atoms with Crippen LogP contribution in [0.1, 0.15) is 40.2 Å². The molecule has 0 aromatic carbocycles. The molecule has 2 N–H and O–H groups in total. The largest absolute Gasteiger partial charge is 0.322 e. The molecule has 0 fully saturated rings. The van der Waals surface area contributed by atoms with E-state index in [2.05, 4.69) is 4.98 Å². The summed E-state index contributed by atoms with van der Waals surface area (Å²) in [6.45, 7) is 0. The molecule has 1 aliphatic rings. The molecule has 1 atom stereocenters. The molecule has 0 saturated carbocycles. The molecule has 3 nitrogen and oxygen atoms in total. The maximum absolute atomic E-state index is 6.19. The van der Waals surface area contributed by atoms with Crippen LogP contribution in [0.4, 0.5) is 0 Å². The average molecular weight is 259 g/mol. The number of aromatic nitrogens is 2. The summed E-state index contributed by atoms with van der Waals surface area (Å²) in [5.74, 6) is 0. The minimum atomic E-state index is -0.0428. The Kier molecular flexibility index (Phi) is 3.39. The summed E-state index contributed by atoms with van der Waals surface area (Å²) in [6, 6.07) is 5.84. The molecular weight excluding hydrogens is 242 g/mol. The third-order valence-corrected chi connectivity index (χ3v) is 4.53. The van der Waals surface area contributed by atoms with Crippen molar-refractivity contribution in [1.29, 1.82) is 0 Å². The molecule has 18 heavy (non-hydrogen) atoms. The van der Waals surface area contributed by atoms with Crippen molar-refractivity contribution in [3.8, 4) is 0 Å². The van der Waals surface area contributed by atoms with Crippen LogP contribution in [-0.2, 0) is 19.3 Å². The van der Waals surface area contributed by atoms with Gasteiger partial charge in [-0.2, -0.15) is 0 Å². The monoisotopic (exact) mass is 259 g/mol. The van der Waals surface area contributed by atoms with Crippen molar-refractivity contribution in [2.45, 2.75) is 38.1 Å². The van der Waals surface area contributed by atoms with Gasteiger partial charge in [0.25, 0.3) is 0 Å². The van der Waals surface area contributed by atoms with Crippen LogP contribution in [0.2, 0.25) is 0 Å². The number of pyridine rings is 1. The van der Waals surface area contributed by atoms with Crippen LogP contribution in [0, 0.1) is 0 Å². The van der Waals surface area contributed by atoms with Crippen LogP contribution in [0.3, 0.4) is 0 Å². The van der Waals surface area contributed by atoms with Crippen LogP contribution in [0.15, 0.2) is 24.4 Å². The smallest absolute Gasteiger partial charge is 0.0950 e. The van der Waals surface area contributed by atoms with Crippen molar-refractivity contribution >= 4 is 11.3 Å². The third-order valence-electron chi connectivity index (χ3n) is 3.35. The van der Waals surface area contributed by atoms with E-state index in [4.69, 9.17) is 10.7 Å². The first-order valence-corrected chi connectivity index (χ1v) is 7.28. The summed E-state index contributed by atoms with van der Waals surface area (Å²) >= 11 is 1.84. The van der Waals surface area contributed by atoms with Crippen molar-refractivity contribution in [2.24, 2.45) is 5.73 Å². The molecule has 0 amide bonds. The average Bonchev–Trinajstić information content (AvgIpc) is 2.82. The zero-order valence-corrected chi connectivity index (χ0v) is 11.1. The molecule has 1 unspecified atom stereocenters. The van der Waals surface area contributed by atoms with E-state index in [0.717, 1.165) is 18.5 Å². The van der Waals surface area contributed by atoms with E-state index in [9.17, 15) is 0 Å². The van der Waals surface area contributed by atoms with Crippen molar-refractivity contribution in [3.05, 3.63) is 45.7 Å². The van der Waals surface area contributed by atoms with Gasteiger partial charge in [0.1, 0.15) is 0 Å². The second-order valence-corrected chi connectivity index (χ2v) is 5.92. The number of nitrogens with zero attached hydrogens (tertiary/aromatic N) is 2. The van der Waals surface area contributed by atoms with Crippen LogP contribution >= 0.6 is 11.3 Å². The fourth-order valence-corrected chi connectivity index (χ4v) is 3.60. The van der Waals surface area contributed by atoms with E-state index in [1.807, 2.05) is 29.5 Å². The van der Waals surface area contributed by atoms with Gasteiger partial charge in [-0.05, 0) is 37.8 Å². The highest BCUT2D eigenvalue weighted by Gasteiger charge is 2.17. The molecule has 0 radical (unpaired) electrons. The highest BCUT2D eigenvalue weighted by atomic mass is 32.1. The zero-order valence-electron chi connectivity index (χ0n) is 10.3. The molecule has 0 aliphatic heterocycles. The Labute approximate surface area is 111 Å². The first-order valence-electron chi connectivity index (χ1n) is 6.47. The lowest BCUT2D eigenvalue weighted by atomic mass is 10.0. The molecule has 4 heteroatoms. The van der Waals surface area contributed by atoms with Crippen molar-refractivity contribution < 1.29 is 0 Å². The first kappa shape index (κ1) is 11.8. The molecule has 94 valence electrons. The molecule has 2 aromatic rings. The van der Waals surface area contributed by atoms with Gasteiger partial charge in [0.2, 0.25) is 0 Å². The summed E-state index contributed by atoms with van der Waals surface area (Å²) in [4.78, 5) is 10.5. The van der Waals surface area contributed by atoms with E-state index < -0.39 is 0 Å². The number of fused-ring (bicyclic) bond motifs is 1. The normalized spacial score (nSPS) is 16.3. The molecule has 0 saturated heterocycles. The fourth-order valence-electron chi connectivity index (χ4n) is 2.38. The maximum atomic E-state index is 6.19. The van der Waals surface area contributed by atoms with E-state index in [-0.39, 0.29) is 6.04 Å². The van der Waals surface area contributed by atoms with Crippen LogP contribution < -0.4 is 5.73 Å². The van der Waals surface area contributed by atoms with Gasteiger partial charge >= 0.3 is 0 Å². The minimum Gasteiger partial charge on any atom is -0.322 e. The lowest BCUT2D eigenvalue weighted by molar-refractivity contribution is 0.668. The number of thiazole rings is 1. The van der Waals surface area contributed by atoms with E-state index in [0.29, 0.717) is 0 Å². The summed E-state index contributed by atoms with van der Waals surface area (Å²) in [5.41, 5.74) is 8.45. The van der Waals surface area contributed by atoms with Gasteiger partial charge in [0.15, 0.2) is 0 Å². The highest BCUT2D eigenvalue weighted by molar-refractivity contribution is 7.11. The molecule has 2 aromatic heterocycles. The van der Waals surface area contributed by atoms with Gasteiger partial charge in [-0.15, -0.1) is 11.3 Å². The van der Waals surface area contributed by atoms with Gasteiger partial charge in [-0.25, -0.2) is 4.98 Å². The number of hydrogen-bond donors (Lipinski definition) is 1. The topological polar surface area (TPSA) is 51.8 Å². The Morgan fingerprint density at radius 3 is 2.94 bits per heavy atom. The third kappa shape index (κ3) is 2.44. The molecule has 2 heterocycles. The van der Waals surface area contributed by atoms with Crippen molar-refractivity contribution in [1.82, 2.24) is 9.97 Å². The lowest BCUT2D eigenvalue weighted by Gasteiger charge is -2.08. The quantitative estimate of drug-likeness (QED) is 0.922. The Morgan fingerprint density at radius 1 is 1.28 bits per heavy atom. The Morgan fingerprint density at radius 2 is 2.17 bits per heavy atom. The summed E-state index contributed by atoms with van der Waals surface area (Å²) in [5, 5.41) is 1.17. The van der Waals surface area contributed by atoms with Gasteiger partial charge in [0.05, 0.1) is 22.4 Å². The second kappa shape index (κ2) is 5.16. The second-order valence-electron chi connectivity index (χ2n) is 4.75.